The van der Waals surface area contributed by atoms with Crippen molar-refractivity contribution in [1.82, 2.24) is 39.7 Å². The van der Waals surface area contributed by atoms with Crippen LogP contribution in [0.5, 0.6) is 0 Å². The van der Waals surface area contributed by atoms with E-state index in [1.165, 1.54) is 23.0 Å². The molecule has 1 aromatic carbocycles. The minimum absolute atomic E-state index is 0.0895. The third kappa shape index (κ3) is 6.75. The Morgan fingerprint density at radius 2 is 1.85 bits per heavy atom. The van der Waals surface area contributed by atoms with Crippen molar-refractivity contribution in [3.8, 4) is 11.3 Å². The summed E-state index contributed by atoms with van der Waals surface area (Å²) in [6.07, 6.45) is 0.583. The van der Waals surface area contributed by atoms with E-state index in [9.17, 15) is 27.9 Å². The lowest BCUT2D eigenvalue weighted by Crippen LogP contribution is -2.55. The molecule has 0 unspecified atom stereocenters. The number of carboxylic acid groups (broad SMARTS) is 1. The van der Waals surface area contributed by atoms with Crippen molar-refractivity contribution in [3.05, 3.63) is 59.3 Å². The van der Waals surface area contributed by atoms with E-state index in [1.807, 2.05) is 0 Å². The van der Waals surface area contributed by atoms with Crippen LogP contribution in [0.15, 0.2) is 43.0 Å². The number of benzene rings is 1. The first-order valence-electron chi connectivity index (χ1n) is 14.1. The van der Waals surface area contributed by atoms with Crippen molar-refractivity contribution in [2.75, 3.05) is 44.6 Å². The number of imidazole rings is 1. The molecule has 4 aromatic rings. The Kier molecular flexibility index (Phi) is 9.74. The number of fused-ring (bicyclic) bond motifs is 1. The number of piperazine rings is 1. The highest BCUT2D eigenvalue weighted by Gasteiger charge is 2.38. The lowest BCUT2D eigenvalue weighted by atomic mass is 9.93. The number of hydrogen-bond acceptors (Lipinski definition) is 9. The number of alkyl halides is 3. The summed E-state index contributed by atoms with van der Waals surface area (Å²) in [5, 5.41) is 29.0. The van der Waals surface area contributed by atoms with Crippen LogP contribution in [0.1, 0.15) is 22.5 Å². The van der Waals surface area contributed by atoms with Crippen LogP contribution < -0.4 is 10.6 Å². The highest BCUT2D eigenvalue weighted by molar-refractivity contribution is 6.34. The Balaban J connectivity index is 0.00000134. The van der Waals surface area contributed by atoms with Gasteiger partial charge in [-0.25, -0.2) is 9.97 Å². The highest BCUT2D eigenvalue weighted by Crippen LogP contribution is 2.36. The minimum Gasteiger partial charge on any atom is -0.483 e. The maximum absolute atomic E-state index is 13.4. The Morgan fingerprint density at radius 3 is 2.52 bits per heavy atom. The standard InChI is InChI=1S/C27H27ClF3N9O3.CH2O2/c28-19-11-15(36-23-24-34-13-20(40(24)6-5-33-23)18-12-35-37-22(18)27(29,30)31)1-2-16(19)25(42)38-7-9-39(10-8-38)26(43)17-3-4-32-14-21(17)41;2-1-3/h1-2,5-6,11-13,17,21,32,41H,3-4,7-10,14H2,(H,33,36)(H,35,37);1H,(H,2,3)/t17-,21-;/m1./s1. The Labute approximate surface area is 264 Å². The summed E-state index contributed by atoms with van der Waals surface area (Å²) in [6, 6.07) is 4.78. The molecule has 244 valence electrons. The highest BCUT2D eigenvalue weighted by atomic mass is 35.5. The van der Waals surface area contributed by atoms with Gasteiger partial charge in [0, 0.05) is 57.0 Å². The summed E-state index contributed by atoms with van der Waals surface area (Å²) in [5.74, 6) is -0.534. The molecule has 14 nitrogen and oxygen atoms in total. The summed E-state index contributed by atoms with van der Waals surface area (Å²) in [7, 11) is 0. The van der Waals surface area contributed by atoms with Gasteiger partial charge in [0.05, 0.1) is 40.1 Å². The first kappa shape index (κ1) is 32.6. The quantitative estimate of drug-likeness (QED) is 0.199. The van der Waals surface area contributed by atoms with Crippen LogP contribution in [0.2, 0.25) is 5.02 Å². The molecule has 2 amide bonds. The molecule has 18 heteroatoms. The molecule has 5 N–H and O–H groups in total. The lowest BCUT2D eigenvalue weighted by Gasteiger charge is -2.38. The van der Waals surface area contributed by atoms with Gasteiger partial charge in [0.2, 0.25) is 5.91 Å². The Morgan fingerprint density at radius 1 is 1.13 bits per heavy atom. The van der Waals surface area contributed by atoms with Crippen LogP contribution in [-0.4, -0.2) is 108 Å². The third-order valence-electron chi connectivity index (χ3n) is 7.72. The zero-order valence-electron chi connectivity index (χ0n) is 24.0. The number of nitrogens with one attached hydrogen (secondary N) is 3. The van der Waals surface area contributed by atoms with E-state index in [2.05, 4.69) is 30.8 Å². The van der Waals surface area contributed by atoms with E-state index in [4.69, 9.17) is 21.5 Å². The number of aliphatic hydroxyl groups is 1. The first-order chi connectivity index (χ1) is 22.0. The second kappa shape index (κ2) is 13.7. The normalized spacial score (nSPS) is 18.5. The fourth-order valence-corrected chi connectivity index (χ4v) is 5.74. The summed E-state index contributed by atoms with van der Waals surface area (Å²) in [5.41, 5.74) is 0.0109. The average Bonchev–Trinajstić information content (AvgIpc) is 3.70. The number of carbonyl (C=O) groups is 3. The molecule has 5 heterocycles. The van der Waals surface area contributed by atoms with Gasteiger partial charge in [-0.05, 0) is 31.2 Å². The van der Waals surface area contributed by atoms with Crippen LogP contribution >= 0.6 is 11.6 Å². The van der Waals surface area contributed by atoms with Crippen LogP contribution in [0.3, 0.4) is 0 Å². The Bertz CT molecular complexity index is 1720. The molecule has 2 fully saturated rings. The summed E-state index contributed by atoms with van der Waals surface area (Å²) >= 11 is 6.51. The van der Waals surface area contributed by atoms with Crippen molar-refractivity contribution >= 4 is 47.0 Å². The van der Waals surface area contributed by atoms with Crippen molar-refractivity contribution in [2.45, 2.75) is 18.7 Å². The molecule has 6 rings (SSSR count). The number of amides is 2. The zero-order chi connectivity index (χ0) is 33.0. The number of aliphatic hydroxyl groups excluding tert-OH is 1. The van der Waals surface area contributed by atoms with E-state index in [0.717, 1.165) is 6.20 Å². The second-order valence-corrected chi connectivity index (χ2v) is 10.9. The van der Waals surface area contributed by atoms with Crippen molar-refractivity contribution in [1.29, 1.82) is 0 Å². The molecule has 2 atom stereocenters. The molecule has 2 aliphatic heterocycles. The summed E-state index contributed by atoms with van der Waals surface area (Å²) in [6.45, 7) is 2.22. The van der Waals surface area contributed by atoms with Gasteiger partial charge < -0.3 is 30.6 Å². The fraction of sp³-hybridized carbons (Fsp3) is 0.357. The lowest BCUT2D eigenvalue weighted by molar-refractivity contribution is -0.142. The molecule has 0 radical (unpaired) electrons. The van der Waals surface area contributed by atoms with Crippen molar-refractivity contribution in [3.63, 3.8) is 0 Å². The van der Waals surface area contributed by atoms with Gasteiger partial charge in [-0.15, -0.1) is 0 Å². The fourth-order valence-electron chi connectivity index (χ4n) is 5.48. The number of β-amino-alcohol motifs (C(OH)–C–C–N with tert-alkyl or cyclic N) is 1. The maximum atomic E-state index is 13.4. The molecule has 0 spiro atoms. The average molecular weight is 664 g/mol. The SMILES string of the molecule is O=C(c1ccc(Nc2nccn3c(-c4c[nH]nc4C(F)(F)F)cnc23)cc1Cl)N1CCN(C(=O)[C@@H]2CCNC[C@H]2O)CC1.O=CO. The van der Waals surface area contributed by atoms with E-state index in [-0.39, 0.29) is 51.6 Å². The number of aromatic amines is 1. The zero-order valence-corrected chi connectivity index (χ0v) is 24.8. The Hall–Kier alpha value is -4.74. The van der Waals surface area contributed by atoms with Crippen LogP contribution in [0.25, 0.3) is 16.9 Å². The summed E-state index contributed by atoms with van der Waals surface area (Å²) < 4.78 is 41.7. The van der Waals surface area contributed by atoms with Crippen LogP contribution in [0, 0.1) is 5.92 Å². The number of H-pyrrole nitrogens is 1. The predicted molar refractivity (Wildman–Crippen MR) is 158 cm³/mol. The molecular weight excluding hydrogens is 635 g/mol. The van der Waals surface area contributed by atoms with Gasteiger partial charge in [-0.3, -0.25) is 23.9 Å². The largest absolute Gasteiger partial charge is 0.483 e. The van der Waals surface area contributed by atoms with E-state index in [1.54, 1.807) is 28.0 Å². The number of carbonyl (C=O) groups excluding carboxylic acids is 2. The number of halogens is 4. The van der Waals surface area contributed by atoms with Crippen LogP contribution in [0.4, 0.5) is 24.7 Å². The van der Waals surface area contributed by atoms with Gasteiger partial charge in [-0.1, -0.05) is 11.6 Å². The van der Waals surface area contributed by atoms with Gasteiger partial charge in [0.15, 0.2) is 17.2 Å². The number of aromatic nitrogens is 5. The number of anilines is 2. The van der Waals surface area contributed by atoms with E-state index in [0.29, 0.717) is 51.4 Å². The predicted octanol–water partition coefficient (Wildman–Crippen LogP) is 2.49. The van der Waals surface area contributed by atoms with Gasteiger partial charge in [0.25, 0.3) is 12.4 Å². The molecule has 0 saturated carbocycles. The molecule has 3 aromatic heterocycles. The first-order valence-corrected chi connectivity index (χ1v) is 14.5. The molecule has 2 aliphatic rings. The topological polar surface area (TPSA) is 181 Å². The number of hydrogen-bond donors (Lipinski definition) is 5. The van der Waals surface area contributed by atoms with Crippen molar-refractivity contribution in [2.24, 2.45) is 5.92 Å². The maximum Gasteiger partial charge on any atom is 0.435 e. The number of nitrogens with zero attached hydrogens (tertiary/aromatic N) is 6. The molecule has 2 saturated heterocycles. The molecular formula is C28H29ClF3N9O5. The van der Waals surface area contributed by atoms with Gasteiger partial charge >= 0.3 is 6.18 Å². The van der Waals surface area contributed by atoms with Crippen molar-refractivity contribution < 1.29 is 37.8 Å². The molecule has 46 heavy (non-hydrogen) atoms. The molecule has 0 bridgehead atoms. The van der Waals surface area contributed by atoms with E-state index >= 15 is 0 Å². The summed E-state index contributed by atoms with van der Waals surface area (Å²) in [4.78, 5) is 46.4. The van der Waals surface area contributed by atoms with E-state index < -0.39 is 23.9 Å². The monoisotopic (exact) mass is 663 g/mol. The van der Waals surface area contributed by atoms with Gasteiger partial charge in [-0.2, -0.15) is 18.3 Å². The number of rotatable bonds is 5. The smallest absolute Gasteiger partial charge is 0.435 e. The second-order valence-electron chi connectivity index (χ2n) is 10.5. The van der Waals surface area contributed by atoms with Gasteiger partial charge in [0.1, 0.15) is 0 Å². The third-order valence-corrected chi connectivity index (χ3v) is 8.03. The minimum atomic E-state index is -4.65. The molecule has 0 aliphatic carbocycles. The van der Waals surface area contributed by atoms with Crippen LogP contribution in [-0.2, 0) is 15.8 Å². The number of piperidine rings is 1.